The molecule has 1 saturated heterocycles. The Morgan fingerprint density at radius 3 is 2.52 bits per heavy atom. The van der Waals surface area contributed by atoms with Crippen LogP contribution >= 0.6 is 0 Å². The summed E-state index contributed by atoms with van der Waals surface area (Å²) in [5, 5.41) is 0. The van der Waals surface area contributed by atoms with Crippen molar-refractivity contribution in [2.45, 2.75) is 13.0 Å². The average molecular weight is 396 g/mol. The van der Waals surface area contributed by atoms with Crippen molar-refractivity contribution in [2.75, 3.05) is 33.8 Å². The minimum absolute atomic E-state index is 0.00178. The van der Waals surface area contributed by atoms with Gasteiger partial charge in [-0.05, 0) is 36.2 Å². The second-order valence-corrected chi connectivity index (χ2v) is 6.85. The first-order valence-corrected chi connectivity index (χ1v) is 9.34. The van der Waals surface area contributed by atoms with Gasteiger partial charge in [0.25, 0.3) is 5.91 Å². The van der Waals surface area contributed by atoms with Gasteiger partial charge in [0.1, 0.15) is 18.8 Å². The molecule has 2 heterocycles. The summed E-state index contributed by atoms with van der Waals surface area (Å²) in [6, 6.07) is 12.7. The Bertz CT molecular complexity index is 870. The van der Waals surface area contributed by atoms with Gasteiger partial charge in [-0.3, -0.25) is 19.5 Å². The number of benzene rings is 1. The van der Waals surface area contributed by atoms with Crippen molar-refractivity contribution in [1.82, 2.24) is 19.7 Å². The standard InChI is InChI=1S/C21H24N4O4/c1-23-14-20(27)25(21(23)28)15-19(26)24(13-17-5-3-4-11-22-17)12-10-16-6-8-18(29-2)9-7-16/h3-9,11H,10,12-15H2,1-2H3. The lowest BCUT2D eigenvalue weighted by Crippen LogP contribution is -2.43. The Labute approximate surface area is 169 Å². The second kappa shape index (κ2) is 9.18. The van der Waals surface area contributed by atoms with E-state index in [0.29, 0.717) is 19.5 Å². The predicted molar refractivity (Wildman–Crippen MR) is 106 cm³/mol. The van der Waals surface area contributed by atoms with Gasteiger partial charge in [-0.25, -0.2) is 4.79 Å². The summed E-state index contributed by atoms with van der Waals surface area (Å²) >= 11 is 0. The molecule has 0 atom stereocenters. The summed E-state index contributed by atoms with van der Waals surface area (Å²) < 4.78 is 5.17. The van der Waals surface area contributed by atoms with Crippen molar-refractivity contribution < 1.29 is 19.1 Å². The molecule has 1 aromatic carbocycles. The molecule has 1 fully saturated rings. The maximum atomic E-state index is 12.9. The number of aromatic nitrogens is 1. The Balaban J connectivity index is 1.70. The van der Waals surface area contributed by atoms with Crippen LogP contribution in [0, 0.1) is 0 Å². The lowest BCUT2D eigenvalue weighted by Gasteiger charge is -2.24. The summed E-state index contributed by atoms with van der Waals surface area (Å²) in [5.41, 5.74) is 1.80. The zero-order valence-electron chi connectivity index (χ0n) is 16.6. The van der Waals surface area contributed by atoms with E-state index in [2.05, 4.69) is 4.98 Å². The van der Waals surface area contributed by atoms with Crippen molar-refractivity contribution in [3.05, 3.63) is 59.9 Å². The predicted octanol–water partition coefficient (Wildman–Crippen LogP) is 1.56. The molecule has 0 unspecified atom stereocenters. The maximum Gasteiger partial charge on any atom is 0.327 e. The number of hydrogen-bond acceptors (Lipinski definition) is 5. The zero-order chi connectivity index (χ0) is 20.8. The average Bonchev–Trinajstić information content (AvgIpc) is 2.98. The lowest BCUT2D eigenvalue weighted by molar-refractivity contribution is -0.137. The third-order valence-electron chi connectivity index (χ3n) is 4.79. The van der Waals surface area contributed by atoms with Crippen LogP contribution in [0.5, 0.6) is 5.75 Å². The van der Waals surface area contributed by atoms with E-state index in [4.69, 9.17) is 4.74 Å². The molecule has 29 heavy (non-hydrogen) atoms. The molecule has 8 heteroatoms. The van der Waals surface area contributed by atoms with Crippen molar-refractivity contribution in [3.8, 4) is 5.75 Å². The van der Waals surface area contributed by atoms with E-state index >= 15 is 0 Å². The molecule has 0 spiro atoms. The first-order chi connectivity index (χ1) is 14.0. The van der Waals surface area contributed by atoms with Crippen LogP contribution in [0.4, 0.5) is 4.79 Å². The van der Waals surface area contributed by atoms with Gasteiger partial charge >= 0.3 is 6.03 Å². The van der Waals surface area contributed by atoms with Crippen LogP contribution in [0.25, 0.3) is 0 Å². The van der Waals surface area contributed by atoms with Gasteiger partial charge in [-0.2, -0.15) is 0 Å². The van der Waals surface area contributed by atoms with E-state index in [1.807, 2.05) is 42.5 Å². The topological polar surface area (TPSA) is 83.1 Å². The first-order valence-electron chi connectivity index (χ1n) is 9.34. The molecule has 1 aromatic heterocycles. The number of hydrogen-bond donors (Lipinski definition) is 0. The lowest BCUT2D eigenvalue weighted by atomic mass is 10.1. The number of pyridine rings is 1. The van der Waals surface area contributed by atoms with Crippen LogP contribution in [0.3, 0.4) is 0 Å². The van der Waals surface area contributed by atoms with E-state index in [-0.39, 0.29) is 24.9 Å². The monoisotopic (exact) mass is 396 g/mol. The molecular formula is C21H24N4O4. The Kier molecular flexibility index (Phi) is 6.43. The molecule has 2 aromatic rings. The van der Waals surface area contributed by atoms with Crippen LogP contribution in [-0.2, 0) is 22.6 Å². The number of amides is 4. The van der Waals surface area contributed by atoms with Crippen molar-refractivity contribution in [1.29, 1.82) is 0 Å². The minimum Gasteiger partial charge on any atom is -0.497 e. The maximum absolute atomic E-state index is 12.9. The highest BCUT2D eigenvalue weighted by atomic mass is 16.5. The quantitative estimate of drug-likeness (QED) is 0.633. The third kappa shape index (κ3) is 5.10. The van der Waals surface area contributed by atoms with Crippen LogP contribution < -0.4 is 4.74 Å². The minimum atomic E-state index is -0.448. The van der Waals surface area contributed by atoms with Gasteiger partial charge in [-0.15, -0.1) is 0 Å². The molecule has 8 nitrogen and oxygen atoms in total. The van der Waals surface area contributed by atoms with E-state index < -0.39 is 6.03 Å². The van der Waals surface area contributed by atoms with E-state index in [1.54, 1.807) is 25.3 Å². The Morgan fingerprint density at radius 2 is 1.93 bits per heavy atom. The molecule has 0 aliphatic carbocycles. The van der Waals surface area contributed by atoms with Gasteiger partial charge in [0.2, 0.25) is 5.91 Å². The molecule has 0 radical (unpaired) electrons. The van der Waals surface area contributed by atoms with Gasteiger partial charge in [0.15, 0.2) is 0 Å². The van der Waals surface area contributed by atoms with Crippen LogP contribution in [0.15, 0.2) is 48.7 Å². The molecule has 0 saturated carbocycles. The summed E-state index contributed by atoms with van der Waals surface area (Å²) in [6.07, 6.45) is 2.30. The molecule has 0 N–H and O–H groups in total. The number of ether oxygens (including phenoxy) is 1. The largest absolute Gasteiger partial charge is 0.497 e. The van der Waals surface area contributed by atoms with Crippen LogP contribution in [0.2, 0.25) is 0 Å². The second-order valence-electron chi connectivity index (χ2n) is 6.85. The van der Waals surface area contributed by atoms with Gasteiger partial charge < -0.3 is 14.5 Å². The van der Waals surface area contributed by atoms with E-state index in [0.717, 1.165) is 21.9 Å². The SMILES string of the molecule is COc1ccc(CCN(Cc2ccccn2)C(=O)CN2C(=O)CN(C)C2=O)cc1. The molecule has 0 bridgehead atoms. The van der Waals surface area contributed by atoms with E-state index in [9.17, 15) is 14.4 Å². The number of imide groups is 1. The smallest absolute Gasteiger partial charge is 0.327 e. The zero-order valence-corrected chi connectivity index (χ0v) is 16.6. The first kappa shape index (κ1) is 20.3. The highest BCUT2D eigenvalue weighted by Crippen LogP contribution is 2.14. The van der Waals surface area contributed by atoms with Crippen molar-refractivity contribution in [2.24, 2.45) is 0 Å². The van der Waals surface area contributed by atoms with E-state index in [1.165, 1.54) is 4.90 Å². The number of methoxy groups -OCH3 is 1. The third-order valence-corrected chi connectivity index (χ3v) is 4.79. The summed E-state index contributed by atoms with van der Waals surface area (Å²) in [6.45, 7) is 0.478. The molecule has 4 amide bonds. The van der Waals surface area contributed by atoms with Crippen molar-refractivity contribution >= 4 is 17.8 Å². The fourth-order valence-electron chi connectivity index (χ4n) is 3.10. The Morgan fingerprint density at radius 1 is 1.17 bits per heavy atom. The molecule has 3 rings (SSSR count). The Hall–Kier alpha value is -3.42. The number of carbonyl (C=O) groups is 3. The van der Waals surface area contributed by atoms with Gasteiger partial charge in [0, 0.05) is 19.8 Å². The van der Waals surface area contributed by atoms with Crippen molar-refractivity contribution in [3.63, 3.8) is 0 Å². The molecule has 152 valence electrons. The highest BCUT2D eigenvalue weighted by molar-refractivity contribution is 6.04. The van der Waals surface area contributed by atoms with Gasteiger partial charge in [-0.1, -0.05) is 18.2 Å². The summed E-state index contributed by atoms with van der Waals surface area (Å²) in [4.78, 5) is 45.3. The number of carbonyl (C=O) groups excluding carboxylic acids is 3. The number of nitrogens with zero attached hydrogens (tertiary/aromatic N) is 4. The summed E-state index contributed by atoms with van der Waals surface area (Å²) in [5.74, 6) is 0.116. The molecule has 1 aliphatic heterocycles. The van der Waals surface area contributed by atoms with Crippen LogP contribution in [-0.4, -0.2) is 71.3 Å². The molecular weight excluding hydrogens is 372 g/mol. The fraction of sp³-hybridized carbons (Fsp3) is 0.333. The number of rotatable bonds is 8. The number of urea groups is 1. The molecule has 1 aliphatic rings. The summed E-state index contributed by atoms with van der Waals surface area (Å²) in [7, 11) is 3.15. The van der Waals surface area contributed by atoms with Gasteiger partial charge in [0.05, 0.1) is 19.3 Å². The number of likely N-dealkylation sites (N-methyl/N-ethyl adjacent to an activating group) is 1. The fourth-order valence-corrected chi connectivity index (χ4v) is 3.10. The highest BCUT2D eigenvalue weighted by Gasteiger charge is 2.35. The van der Waals surface area contributed by atoms with Crippen LogP contribution in [0.1, 0.15) is 11.3 Å². The normalized spacial score (nSPS) is 13.7.